The van der Waals surface area contributed by atoms with Crippen molar-refractivity contribution in [1.29, 1.82) is 0 Å². The number of aliphatic hydroxyl groups is 1. The highest BCUT2D eigenvalue weighted by Gasteiger charge is 2.28. The van der Waals surface area contributed by atoms with Gasteiger partial charge in [-0.3, -0.25) is 9.59 Å². The third-order valence-corrected chi connectivity index (χ3v) is 4.54. The maximum atomic E-state index is 12.5. The zero-order valence-electron chi connectivity index (χ0n) is 16.9. The first-order chi connectivity index (χ1) is 15.2. The lowest BCUT2D eigenvalue weighted by molar-refractivity contribution is -0.141. The van der Waals surface area contributed by atoms with Gasteiger partial charge in [0.25, 0.3) is 5.56 Å². The van der Waals surface area contributed by atoms with Crippen LogP contribution >= 0.6 is 0 Å². The molecular weight excluding hydrogens is 425 g/mol. The van der Waals surface area contributed by atoms with Gasteiger partial charge in [-0.25, -0.2) is 0 Å². The second-order valence-electron chi connectivity index (χ2n) is 7.08. The topological polar surface area (TPSA) is 80.6 Å². The first-order valence-corrected chi connectivity index (χ1v) is 9.72. The van der Waals surface area contributed by atoms with Crippen molar-refractivity contribution >= 4 is 11.6 Å². The van der Waals surface area contributed by atoms with Crippen molar-refractivity contribution in [2.45, 2.75) is 31.9 Å². The van der Waals surface area contributed by atoms with Crippen LogP contribution in [0.25, 0.3) is 0 Å². The van der Waals surface area contributed by atoms with E-state index in [-0.39, 0.29) is 12.1 Å². The summed E-state index contributed by atoms with van der Waals surface area (Å²) in [5.41, 5.74) is 0.185. The van der Waals surface area contributed by atoms with Gasteiger partial charge in [0.2, 0.25) is 5.91 Å². The summed E-state index contributed by atoms with van der Waals surface area (Å²) in [6.07, 6.45) is -5.13. The van der Waals surface area contributed by atoms with E-state index in [2.05, 4.69) is 5.32 Å². The molecule has 1 unspecified atom stereocenters. The van der Waals surface area contributed by atoms with Crippen molar-refractivity contribution in [3.63, 3.8) is 0 Å². The third-order valence-electron chi connectivity index (χ3n) is 4.54. The molecular formula is C23H21F3N2O4. The Morgan fingerprint density at radius 1 is 1.03 bits per heavy atom. The smallest absolute Gasteiger partial charge is 0.406 e. The Kier molecular flexibility index (Phi) is 7.32. The van der Waals surface area contributed by atoms with E-state index < -0.39 is 30.3 Å². The van der Waals surface area contributed by atoms with Gasteiger partial charge in [0, 0.05) is 6.20 Å². The van der Waals surface area contributed by atoms with Crippen LogP contribution < -0.4 is 15.6 Å². The minimum absolute atomic E-state index is 0.293. The number of ether oxygens (including phenoxy) is 1. The van der Waals surface area contributed by atoms with Crippen molar-refractivity contribution in [1.82, 2.24) is 4.57 Å². The van der Waals surface area contributed by atoms with Crippen molar-refractivity contribution < 1.29 is 27.8 Å². The fraction of sp³-hybridized carbons (Fsp3) is 0.217. The van der Waals surface area contributed by atoms with Crippen LogP contribution in [0.15, 0.2) is 77.7 Å². The standard InChI is InChI=1S/C23H21F3N2O4/c24-23(25,26)15-28-12-4-7-19(22(28)31)27-21(30)13-20(29)17-8-10-18(11-9-17)32-14-16-5-2-1-3-6-16/h1-12,20,29H,13-15H2,(H,27,30). The molecule has 6 nitrogen and oxygen atoms in total. The zero-order chi connectivity index (χ0) is 23.1. The number of carbonyl (C=O) groups excluding carboxylic acids is 1. The number of benzene rings is 2. The number of amides is 1. The van der Waals surface area contributed by atoms with Crippen molar-refractivity contribution in [3.05, 3.63) is 94.4 Å². The summed E-state index contributed by atoms with van der Waals surface area (Å²) in [5, 5.41) is 12.6. The van der Waals surface area contributed by atoms with Crippen LogP contribution in [-0.4, -0.2) is 21.8 Å². The van der Waals surface area contributed by atoms with E-state index in [4.69, 9.17) is 4.74 Å². The largest absolute Gasteiger partial charge is 0.489 e. The van der Waals surface area contributed by atoms with E-state index in [1.807, 2.05) is 30.3 Å². The predicted molar refractivity (Wildman–Crippen MR) is 112 cm³/mol. The van der Waals surface area contributed by atoms with Crippen LogP contribution in [0.2, 0.25) is 0 Å². The Balaban J connectivity index is 1.56. The van der Waals surface area contributed by atoms with E-state index >= 15 is 0 Å². The molecule has 0 fully saturated rings. The molecule has 168 valence electrons. The normalized spacial score (nSPS) is 12.2. The maximum Gasteiger partial charge on any atom is 0.406 e. The molecule has 0 radical (unpaired) electrons. The van der Waals surface area contributed by atoms with Crippen molar-refractivity contribution in [2.75, 3.05) is 5.32 Å². The molecule has 2 N–H and O–H groups in total. The number of aromatic nitrogens is 1. The highest BCUT2D eigenvalue weighted by molar-refractivity contribution is 5.90. The molecule has 32 heavy (non-hydrogen) atoms. The molecule has 0 bridgehead atoms. The Hall–Kier alpha value is -3.59. The molecule has 0 aliphatic rings. The molecule has 1 aromatic heterocycles. The van der Waals surface area contributed by atoms with Gasteiger partial charge < -0.3 is 19.7 Å². The molecule has 2 aromatic carbocycles. The lowest BCUT2D eigenvalue weighted by Crippen LogP contribution is -2.30. The number of hydrogen-bond donors (Lipinski definition) is 2. The van der Waals surface area contributed by atoms with Crippen LogP contribution in [0.4, 0.5) is 18.9 Å². The summed E-state index contributed by atoms with van der Waals surface area (Å²) in [5.74, 6) is -0.118. The fourth-order valence-corrected chi connectivity index (χ4v) is 2.97. The number of halogens is 3. The molecule has 0 saturated heterocycles. The molecule has 0 aliphatic heterocycles. The third kappa shape index (κ3) is 6.71. The van der Waals surface area contributed by atoms with E-state index in [0.29, 0.717) is 22.5 Å². The summed E-state index contributed by atoms with van der Waals surface area (Å²) < 4.78 is 43.8. The number of pyridine rings is 1. The fourth-order valence-electron chi connectivity index (χ4n) is 2.97. The van der Waals surface area contributed by atoms with Crippen LogP contribution in [-0.2, 0) is 17.9 Å². The number of rotatable bonds is 8. The molecule has 0 spiro atoms. The average molecular weight is 446 g/mol. The van der Waals surface area contributed by atoms with Gasteiger partial charge in [-0.1, -0.05) is 42.5 Å². The highest BCUT2D eigenvalue weighted by Crippen LogP contribution is 2.22. The number of anilines is 1. The Morgan fingerprint density at radius 3 is 2.38 bits per heavy atom. The highest BCUT2D eigenvalue weighted by atomic mass is 19.4. The SMILES string of the molecule is O=C(CC(O)c1ccc(OCc2ccccc2)cc1)Nc1cccn(CC(F)(F)F)c1=O. The van der Waals surface area contributed by atoms with Crippen LogP contribution in [0, 0.1) is 0 Å². The summed E-state index contributed by atoms with van der Waals surface area (Å²) in [6.45, 7) is -1.08. The van der Waals surface area contributed by atoms with Crippen molar-refractivity contribution in [3.8, 4) is 5.75 Å². The van der Waals surface area contributed by atoms with Gasteiger partial charge in [-0.2, -0.15) is 13.2 Å². The first-order valence-electron chi connectivity index (χ1n) is 9.72. The molecule has 3 rings (SSSR count). The zero-order valence-corrected chi connectivity index (χ0v) is 16.9. The number of hydrogen-bond acceptors (Lipinski definition) is 4. The quantitative estimate of drug-likeness (QED) is 0.547. The van der Waals surface area contributed by atoms with Gasteiger partial charge in [-0.15, -0.1) is 0 Å². The van der Waals surface area contributed by atoms with E-state index in [9.17, 15) is 27.9 Å². The van der Waals surface area contributed by atoms with Gasteiger partial charge in [0.1, 0.15) is 24.6 Å². The Bertz CT molecular complexity index is 1100. The maximum absolute atomic E-state index is 12.5. The lowest BCUT2D eigenvalue weighted by atomic mass is 10.1. The predicted octanol–water partition coefficient (Wildman–Crippen LogP) is 4.05. The van der Waals surface area contributed by atoms with Crippen LogP contribution in [0.3, 0.4) is 0 Å². The molecule has 1 amide bonds. The number of aliphatic hydroxyl groups excluding tert-OH is 1. The lowest BCUT2D eigenvalue weighted by Gasteiger charge is -2.14. The summed E-state index contributed by atoms with van der Waals surface area (Å²) >= 11 is 0. The molecule has 0 saturated carbocycles. The monoisotopic (exact) mass is 446 g/mol. The minimum atomic E-state index is -4.57. The first kappa shape index (κ1) is 23.1. The molecule has 1 atom stereocenters. The summed E-state index contributed by atoms with van der Waals surface area (Å²) in [4.78, 5) is 24.3. The second kappa shape index (κ2) is 10.1. The number of carbonyl (C=O) groups is 1. The molecule has 9 heteroatoms. The van der Waals surface area contributed by atoms with Crippen LogP contribution in [0.1, 0.15) is 23.7 Å². The van der Waals surface area contributed by atoms with E-state index in [0.717, 1.165) is 11.8 Å². The molecule has 0 aliphatic carbocycles. The van der Waals surface area contributed by atoms with E-state index in [1.165, 1.54) is 12.1 Å². The Labute approximate surface area is 181 Å². The number of alkyl halides is 3. The van der Waals surface area contributed by atoms with Crippen molar-refractivity contribution in [2.24, 2.45) is 0 Å². The summed E-state index contributed by atoms with van der Waals surface area (Å²) in [6, 6.07) is 18.6. The van der Waals surface area contributed by atoms with Gasteiger partial charge in [0.05, 0.1) is 12.5 Å². The average Bonchev–Trinajstić information content (AvgIpc) is 2.75. The van der Waals surface area contributed by atoms with Gasteiger partial charge in [0.15, 0.2) is 0 Å². The number of nitrogens with zero attached hydrogens (tertiary/aromatic N) is 1. The second-order valence-corrected chi connectivity index (χ2v) is 7.08. The minimum Gasteiger partial charge on any atom is -0.489 e. The number of nitrogens with one attached hydrogen (secondary N) is 1. The summed E-state index contributed by atoms with van der Waals surface area (Å²) in [7, 11) is 0. The Morgan fingerprint density at radius 2 is 1.72 bits per heavy atom. The van der Waals surface area contributed by atoms with Crippen LogP contribution in [0.5, 0.6) is 5.75 Å². The van der Waals surface area contributed by atoms with Gasteiger partial charge in [-0.05, 0) is 35.4 Å². The molecule has 3 aromatic rings. The van der Waals surface area contributed by atoms with Gasteiger partial charge >= 0.3 is 6.18 Å². The van der Waals surface area contributed by atoms with E-state index in [1.54, 1.807) is 24.3 Å². The molecule has 1 heterocycles.